The van der Waals surface area contributed by atoms with E-state index in [0.29, 0.717) is 0 Å². The average molecular weight is 234 g/mol. The zero-order valence-corrected chi connectivity index (χ0v) is 10.9. The Morgan fingerprint density at radius 3 is 1.28 bits per heavy atom. The van der Waals surface area contributed by atoms with Crippen molar-refractivity contribution in [3.63, 3.8) is 0 Å². The molecule has 0 nitrogen and oxygen atoms in total. The summed E-state index contributed by atoms with van der Waals surface area (Å²) in [5, 5.41) is 0. The van der Waals surface area contributed by atoms with Gasteiger partial charge in [-0.1, -0.05) is 72.8 Å². The first-order valence-electron chi connectivity index (χ1n) is 6.23. The number of hydrogen-bond donors (Lipinski definition) is 0. The van der Waals surface area contributed by atoms with Crippen molar-refractivity contribution in [2.45, 2.75) is 13.8 Å². The molecule has 0 N–H and O–H groups in total. The van der Waals surface area contributed by atoms with Crippen molar-refractivity contribution in [2.75, 3.05) is 0 Å². The number of rotatable bonds is 3. The van der Waals surface area contributed by atoms with Crippen molar-refractivity contribution in [3.05, 3.63) is 83.9 Å². The van der Waals surface area contributed by atoms with Gasteiger partial charge in [-0.25, -0.2) is 0 Å². The molecule has 2 aromatic rings. The van der Waals surface area contributed by atoms with Gasteiger partial charge in [-0.3, -0.25) is 0 Å². The molecule has 0 heteroatoms. The molecule has 90 valence electrons. The fourth-order valence-electron chi connectivity index (χ4n) is 1.84. The van der Waals surface area contributed by atoms with Gasteiger partial charge in [0, 0.05) is 0 Å². The SMILES string of the molecule is C/C(=C/C=C(/C)c1ccccc1)c1ccccc1. The first-order valence-corrected chi connectivity index (χ1v) is 6.23. The van der Waals surface area contributed by atoms with Crippen molar-refractivity contribution in [3.8, 4) is 0 Å². The van der Waals surface area contributed by atoms with E-state index in [0.717, 1.165) is 0 Å². The summed E-state index contributed by atoms with van der Waals surface area (Å²) >= 11 is 0. The summed E-state index contributed by atoms with van der Waals surface area (Å²) in [5.41, 5.74) is 5.11. The molecule has 0 aliphatic carbocycles. The molecule has 0 aromatic heterocycles. The van der Waals surface area contributed by atoms with Crippen LogP contribution in [-0.4, -0.2) is 0 Å². The molecular formula is C18H18. The van der Waals surface area contributed by atoms with Crippen LogP contribution >= 0.6 is 0 Å². The molecule has 0 aliphatic heterocycles. The van der Waals surface area contributed by atoms with Crippen molar-refractivity contribution < 1.29 is 0 Å². The van der Waals surface area contributed by atoms with Gasteiger partial charge in [0.25, 0.3) is 0 Å². The Bertz CT molecular complexity index is 492. The zero-order valence-electron chi connectivity index (χ0n) is 10.9. The number of hydrogen-bond acceptors (Lipinski definition) is 0. The fraction of sp³-hybridized carbons (Fsp3) is 0.111. The fourth-order valence-corrected chi connectivity index (χ4v) is 1.84. The highest BCUT2D eigenvalue weighted by molar-refractivity contribution is 5.71. The summed E-state index contributed by atoms with van der Waals surface area (Å²) in [6.07, 6.45) is 4.36. The minimum atomic E-state index is 1.27. The summed E-state index contributed by atoms with van der Waals surface area (Å²) in [6, 6.07) is 20.9. The summed E-state index contributed by atoms with van der Waals surface area (Å²) < 4.78 is 0. The first-order chi connectivity index (χ1) is 8.77. The molecule has 0 radical (unpaired) electrons. The zero-order chi connectivity index (χ0) is 12.8. The lowest BCUT2D eigenvalue weighted by Crippen LogP contribution is -1.79. The standard InChI is InChI=1S/C18H18/c1-15(17-9-5-3-6-10-17)13-14-16(2)18-11-7-4-8-12-18/h3-14H,1-2H3/b15-13-,16-14-. The van der Waals surface area contributed by atoms with Crippen molar-refractivity contribution >= 4 is 11.1 Å². The van der Waals surface area contributed by atoms with E-state index in [1.165, 1.54) is 22.3 Å². The molecule has 2 aromatic carbocycles. The van der Waals surface area contributed by atoms with Crippen LogP contribution in [0.1, 0.15) is 25.0 Å². The smallest absolute Gasteiger partial charge is 0.0227 e. The van der Waals surface area contributed by atoms with Crippen LogP contribution in [0.5, 0.6) is 0 Å². The summed E-state index contributed by atoms with van der Waals surface area (Å²) in [7, 11) is 0. The molecule has 0 saturated heterocycles. The van der Waals surface area contributed by atoms with Gasteiger partial charge in [0.1, 0.15) is 0 Å². The molecular weight excluding hydrogens is 216 g/mol. The maximum Gasteiger partial charge on any atom is -0.0227 e. The molecule has 0 atom stereocenters. The van der Waals surface area contributed by atoms with E-state index in [4.69, 9.17) is 0 Å². The Morgan fingerprint density at radius 1 is 0.611 bits per heavy atom. The van der Waals surface area contributed by atoms with Gasteiger partial charge < -0.3 is 0 Å². The van der Waals surface area contributed by atoms with E-state index < -0.39 is 0 Å². The molecule has 0 aliphatic rings. The Morgan fingerprint density at radius 2 is 0.944 bits per heavy atom. The van der Waals surface area contributed by atoms with E-state index in [9.17, 15) is 0 Å². The third kappa shape index (κ3) is 3.21. The molecule has 0 amide bonds. The normalized spacial score (nSPS) is 12.6. The largest absolute Gasteiger partial charge is 0.0622 e. The highest BCUT2D eigenvalue weighted by atomic mass is 14.0. The molecule has 0 saturated carbocycles. The lowest BCUT2D eigenvalue weighted by atomic mass is 10.0. The van der Waals surface area contributed by atoms with Crippen LogP contribution in [0, 0.1) is 0 Å². The highest BCUT2D eigenvalue weighted by Crippen LogP contribution is 2.16. The minimum absolute atomic E-state index is 1.27. The van der Waals surface area contributed by atoms with Crippen LogP contribution in [0.3, 0.4) is 0 Å². The van der Waals surface area contributed by atoms with Crippen molar-refractivity contribution in [1.29, 1.82) is 0 Å². The maximum atomic E-state index is 2.18. The Kier molecular flexibility index (Phi) is 4.14. The molecule has 0 heterocycles. The van der Waals surface area contributed by atoms with Gasteiger partial charge in [0.2, 0.25) is 0 Å². The molecule has 0 spiro atoms. The van der Waals surface area contributed by atoms with E-state index in [1.54, 1.807) is 0 Å². The molecule has 0 unspecified atom stereocenters. The quantitative estimate of drug-likeness (QED) is 0.641. The summed E-state index contributed by atoms with van der Waals surface area (Å²) in [4.78, 5) is 0. The second kappa shape index (κ2) is 6.02. The van der Waals surface area contributed by atoms with Gasteiger partial charge in [-0.05, 0) is 36.1 Å². The van der Waals surface area contributed by atoms with E-state index in [-0.39, 0.29) is 0 Å². The maximum absolute atomic E-state index is 2.18. The van der Waals surface area contributed by atoms with Gasteiger partial charge in [-0.15, -0.1) is 0 Å². The monoisotopic (exact) mass is 234 g/mol. The predicted molar refractivity (Wildman–Crippen MR) is 80.2 cm³/mol. The van der Waals surface area contributed by atoms with E-state index in [1.807, 2.05) is 12.1 Å². The van der Waals surface area contributed by atoms with Crippen LogP contribution in [0.4, 0.5) is 0 Å². The Labute approximate surface area is 109 Å². The van der Waals surface area contributed by atoms with E-state index in [2.05, 4.69) is 74.5 Å². The minimum Gasteiger partial charge on any atom is -0.0622 e. The van der Waals surface area contributed by atoms with Crippen LogP contribution in [-0.2, 0) is 0 Å². The highest BCUT2D eigenvalue weighted by Gasteiger charge is 1.94. The second-order valence-corrected chi connectivity index (χ2v) is 4.43. The molecule has 2 rings (SSSR count). The van der Waals surface area contributed by atoms with Crippen LogP contribution in [0.2, 0.25) is 0 Å². The van der Waals surface area contributed by atoms with Crippen molar-refractivity contribution in [1.82, 2.24) is 0 Å². The lowest BCUT2D eigenvalue weighted by molar-refractivity contribution is 1.55. The second-order valence-electron chi connectivity index (χ2n) is 4.43. The molecule has 0 bridgehead atoms. The van der Waals surface area contributed by atoms with Crippen LogP contribution in [0.15, 0.2) is 72.8 Å². The Hall–Kier alpha value is -2.08. The lowest BCUT2D eigenvalue weighted by Gasteiger charge is -2.01. The van der Waals surface area contributed by atoms with Crippen LogP contribution in [0.25, 0.3) is 11.1 Å². The number of allylic oxidation sites excluding steroid dienone is 4. The van der Waals surface area contributed by atoms with E-state index >= 15 is 0 Å². The third-order valence-corrected chi connectivity index (χ3v) is 3.04. The van der Waals surface area contributed by atoms with Crippen LogP contribution < -0.4 is 0 Å². The molecule has 0 fully saturated rings. The van der Waals surface area contributed by atoms with Gasteiger partial charge >= 0.3 is 0 Å². The topological polar surface area (TPSA) is 0 Å². The van der Waals surface area contributed by atoms with Gasteiger partial charge in [0.15, 0.2) is 0 Å². The first kappa shape index (κ1) is 12.4. The summed E-state index contributed by atoms with van der Waals surface area (Å²) in [6.45, 7) is 4.29. The average Bonchev–Trinajstić information content (AvgIpc) is 2.46. The predicted octanol–water partition coefficient (Wildman–Crippen LogP) is 5.19. The Balaban J connectivity index is 2.20. The summed E-state index contributed by atoms with van der Waals surface area (Å²) in [5.74, 6) is 0. The third-order valence-electron chi connectivity index (χ3n) is 3.04. The van der Waals surface area contributed by atoms with Gasteiger partial charge in [-0.2, -0.15) is 0 Å². The van der Waals surface area contributed by atoms with Crippen molar-refractivity contribution in [2.24, 2.45) is 0 Å². The number of benzene rings is 2. The van der Waals surface area contributed by atoms with Gasteiger partial charge in [0.05, 0.1) is 0 Å². The molecule has 18 heavy (non-hydrogen) atoms.